The molecular formula is C28H32O6. The van der Waals surface area contributed by atoms with Gasteiger partial charge in [-0.25, -0.2) is 0 Å². The van der Waals surface area contributed by atoms with Gasteiger partial charge in [0.05, 0.1) is 29.1 Å². The molecule has 0 bridgehead atoms. The molecular weight excluding hydrogens is 432 g/mol. The summed E-state index contributed by atoms with van der Waals surface area (Å²) in [4.78, 5) is 0. The van der Waals surface area contributed by atoms with Crippen LogP contribution in [0.5, 0.6) is 0 Å². The minimum absolute atomic E-state index is 0.176. The molecule has 1 N–H and O–H groups in total. The van der Waals surface area contributed by atoms with Crippen molar-refractivity contribution in [3.63, 3.8) is 0 Å². The summed E-state index contributed by atoms with van der Waals surface area (Å²) in [5, 5.41) is 10.4. The number of rotatable bonds is 11. The summed E-state index contributed by atoms with van der Waals surface area (Å²) in [6.45, 7) is -2.03. The first-order chi connectivity index (χ1) is 17.5. The summed E-state index contributed by atoms with van der Waals surface area (Å²) in [6.07, 6.45) is -4.90. The monoisotopic (exact) mass is 466 g/mol. The molecule has 1 fully saturated rings. The van der Waals surface area contributed by atoms with Crippen LogP contribution in [0.4, 0.5) is 0 Å². The lowest BCUT2D eigenvalue weighted by molar-refractivity contribution is -0.321. The number of ether oxygens (including phenoxy) is 5. The van der Waals surface area contributed by atoms with Crippen LogP contribution >= 0.6 is 0 Å². The number of benzene rings is 3. The summed E-state index contributed by atoms with van der Waals surface area (Å²) < 4.78 is 46.4. The predicted octanol–water partition coefficient (Wildman–Crippen LogP) is 4.11. The van der Waals surface area contributed by atoms with Crippen LogP contribution in [0, 0.1) is 0 Å². The zero-order valence-electron chi connectivity index (χ0n) is 21.2. The quantitative estimate of drug-likeness (QED) is 0.459. The largest absolute Gasteiger partial charge is 0.394 e. The second kappa shape index (κ2) is 12.8. The van der Waals surface area contributed by atoms with E-state index < -0.39 is 37.3 Å². The third kappa shape index (κ3) is 6.51. The number of aliphatic hydroxyl groups is 1. The first-order valence-electron chi connectivity index (χ1n) is 12.3. The molecule has 34 heavy (non-hydrogen) atoms. The van der Waals surface area contributed by atoms with Crippen molar-refractivity contribution in [2.24, 2.45) is 0 Å². The molecule has 1 aliphatic heterocycles. The first kappa shape index (κ1) is 21.9. The van der Waals surface area contributed by atoms with Gasteiger partial charge in [-0.3, -0.25) is 0 Å². The van der Waals surface area contributed by atoms with Gasteiger partial charge in [0.15, 0.2) is 6.29 Å². The smallest absolute Gasteiger partial charge is 0.186 e. The number of methoxy groups -OCH3 is 1. The molecule has 4 rings (SSSR count). The Morgan fingerprint density at radius 1 is 0.676 bits per heavy atom. The van der Waals surface area contributed by atoms with Crippen molar-refractivity contribution in [2.75, 3.05) is 13.7 Å². The van der Waals surface area contributed by atoms with Crippen molar-refractivity contribution in [3.8, 4) is 0 Å². The van der Waals surface area contributed by atoms with E-state index in [2.05, 4.69) is 0 Å². The van der Waals surface area contributed by atoms with E-state index in [1.807, 2.05) is 91.0 Å². The maximum atomic E-state index is 10.4. The van der Waals surface area contributed by atoms with Crippen LogP contribution in [-0.4, -0.2) is 49.5 Å². The Hall–Kier alpha value is -2.58. The van der Waals surface area contributed by atoms with Crippen molar-refractivity contribution in [1.82, 2.24) is 0 Å². The fraction of sp³-hybridized carbons (Fsp3) is 0.357. The highest BCUT2D eigenvalue weighted by molar-refractivity contribution is 5.15. The molecule has 0 spiro atoms. The minimum atomic E-state index is -2.71. The molecule has 0 aliphatic carbocycles. The maximum absolute atomic E-state index is 10.4. The molecule has 6 nitrogen and oxygen atoms in total. The Bertz CT molecular complexity index is 1030. The van der Waals surface area contributed by atoms with Gasteiger partial charge in [0.1, 0.15) is 24.4 Å². The molecule has 0 unspecified atom stereocenters. The standard InChI is InChI=1S/C28H32O6/c1-30-28-27(33-20-23-15-9-4-10-16-23)26(32-19-22-13-7-3-8-14-22)25(24(17-29)34-28)31-18-21-11-5-2-6-12-21/h2-16,24-29H,17-20H2,1H3/t24-,25-,26+,27-,28+/m1/s1/i17D2. The normalized spacial score (nSPS) is 26.0. The molecule has 3 aromatic carbocycles. The Balaban J connectivity index is 1.62. The van der Waals surface area contributed by atoms with E-state index in [1.54, 1.807) is 0 Å². The van der Waals surface area contributed by atoms with Crippen LogP contribution in [0.25, 0.3) is 0 Å². The molecule has 0 amide bonds. The van der Waals surface area contributed by atoms with Crippen LogP contribution < -0.4 is 0 Å². The highest BCUT2D eigenvalue weighted by Gasteiger charge is 2.48. The SMILES string of the molecule is [2H]C([2H])(O)[C@H]1O[C@H](OC)[C@H](OCc2ccccc2)[C@@H](OCc2ccccc2)[C@@H]1OCc1ccccc1. The van der Waals surface area contributed by atoms with Gasteiger partial charge in [-0.1, -0.05) is 91.0 Å². The summed E-state index contributed by atoms with van der Waals surface area (Å²) >= 11 is 0. The Labute approximate surface area is 203 Å². The van der Waals surface area contributed by atoms with Crippen LogP contribution in [0.2, 0.25) is 0 Å². The van der Waals surface area contributed by atoms with Crippen LogP contribution in [0.15, 0.2) is 91.0 Å². The summed E-state index contributed by atoms with van der Waals surface area (Å²) in [6, 6.07) is 28.8. The zero-order chi connectivity index (χ0) is 25.4. The van der Waals surface area contributed by atoms with Crippen LogP contribution in [-0.2, 0) is 43.5 Å². The Morgan fingerprint density at radius 2 is 1.09 bits per heavy atom. The number of hydrogen-bond donors (Lipinski definition) is 1. The molecule has 0 saturated carbocycles. The minimum Gasteiger partial charge on any atom is -0.394 e. The van der Waals surface area contributed by atoms with Crippen LogP contribution in [0.1, 0.15) is 19.4 Å². The van der Waals surface area contributed by atoms with Gasteiger partial charge < -0.3 is 28.8 Å². The van der Waals surface area contributed by atoms with Crippen molar-refractivity contribution in [1.29, 1.82) is 0 Å². The van der Waals surface area contributed by atoms with Crippen molar-refractivity contribution in [3.05, 3.63) is 108 Å². The molecule has 6 heteroatoms. The van der Waals surface area contributed by atoms with E-state index in [4.69, 9.17) is 26.4 Å². The highest BCUT2D eigenvalue weighted by Crippen LogP contribution is 2.30. The van der Waals surface area contributed by atoms with Crippen molar-refractivity contribution >= 4 is 0 Å². The van der Waals surface area contributed by atoms with Gasteiger partial charge in [-0.15, -0.1) is 0 Å². The van der Waals surface area contributed by atoms with E-state index in [0.29, 0.717) is 0 Å². The third-order valence-corrected chi connectivity index (χ3v) is 5.71. The van der Waals surface area contributed by atoms with E-state index in [-0.39, 0.29) is 19.8 Å². The summed E-state index contributed by atoms with van der Waals surface area (Å²) in [5.74, 6) is 0. The summed E-state index contributed by atoms with van der Waals surface area (Å²) in [7, 11) is 1.45. The molecule has 5 atom stereocenters. The fourth-order valence-corrected chi connectivity index (χ4v) is 3.95. The van der Waals surface area contributed by atoms with Crippen LogP contribution in [0.3, 0.4) is 0 Å². The lowest BCUT2D eigenvalue weighted by Crippen LogP contribution is -2.61. The highest BCUT2D eigenvalue weighted by atomic mass is 16.7. The van der Waals surface area contributed by atoms with Gasteiger partial charge >= 0.3 is 0 Å². The van der Waals surface area contributed by atoms with Crippen molar-refractivity contribution < 1.29 is 31.5 Å². The second-order valence-corrected chi connectivity index (χ2v) is 8.07. The lowest BCUT2D eigenvalue weighted by atomic mass is 9.98. The van der Waals surface area contributed by atoms with Crippen molar-refractivity contribution in [2.45, 2.75) is 50.5 Å². The van der Waals surface area contributed by atoms with E-state index >= 15 is 0 Å². The lowest BCUT2D eigenvalue weighted by Gasteiger charge is -2.45. The number of hydrogen-bond acceptors (Lipinski definition) is 6. The Morgan fingerprint density at radius 3 is 1.50 bits per heavy atom. The van der Waals surface area contributed by atoms with Gasteiger partial charge in [-0.2, -0.15) is 0 Å². The maximum Gasteiger partial charge on any atom is 0.186 e. The molecule has 1 aliphatic rings. The van der Waals surface area contributed by atoms with Gasteiger partial charge in [0.25, 0.3) is 0 Å². The van der Waals surface area contributed by atoms with E-state index in [9.17, 15) is 5.11 Å². The van der Waals surface area contributed by atoms with Gasteiger partial charge in [-0.05, 0) is 16.7 Å². The average Bonchev–Trinajstić information content (AvgIpc) is 2.90. The average molecular weight is 467 g/mol. The molecule has 0 radical (unpaired) electrons. The topological polar surface area (TPSA) is 66.4 Å². The zero-order valence-corrected chi connectivity index (χ0v) is 19.2. The molecule has 1 saturated heterocycles. The molecule has 3 aromatic rings. The molecule has 0 aromatic heterocycles. The molecule has 1 heterocycles. The van der Waals surface area contributed by atoms with E-state index in [0.717, 1.165) is 16.7 Å². The predicted molar refractivity (Wildman–Crippen MR) is 128 cm³/mol. The van der Waals surface area contributed by atoms with Gasteiger partial charge in [0.2, 0.25) is 0 Å². The fourth-order valence-electron chi connectivity index (χ4n) is 3.95. The van der Waals surface area contributed by atoms with E-state index in [1.165, 1.54) is 7.11 Å². The second-order valence-electron chi connectivity index (χ2n) is 8.07. The van der Waals surface area contributed by atoms with Gasteiger partial charge in [0, 0.05) is 7.11 Å². The Kier molecular flexibility index (Phi) is 8.23. The summed E-state index contributed by atoms with van der Waals surface area (Å²) in [5.41, 5.74) is 2.79. The molecule has 180 valence electrons. The third-order valence-electron chi connectivity index (χ3n) is 5.71. The first-order valence-corrected chi connectivity index (χ1v) is 11.3.